The Balaban J connectivity index is 2.33. The van der Waals surface area contributed by atoms with Crippen LogP contribution in [-0.2, 0) is 6.42 Å². The smallest absolute Gasteiger partial charge is 0.127 e. The molecule has 0 saturated heterocycles. The molecular weight excluding hydrogens is 291 g/mol. The van der Waals surface area contributed by atoms with Crippen LogP contribution in [-0.4, -0.2) is 17.1 Å². The molecule has 84 valence electrons. The van der Waals surface area contributed by atoms with Crippen LogP contribution >= 0.6 is 27.5 Å². The Bertz CT molecular complexity index is 498. The second kappa shape index (κ2) is 4.89. The van der Waals surface area contributed by atoms with Crippen molar-refractivity contribution in [1.82, 2.24) is 9.97 Å². The van der Waals surface area contributed by atoms with E-state index in [4.69, 9.17) is 16.3 Å². The minimum absolute atomic E-state index is 0.699. The Morgan fingerprint density at radius 2 is 2.31 bits per heavy atom. The van der Waals surface area contributed by atoms with Gasteiger partial charge in [0.2, 0.25) is 0 Å². The minimum Gasteiger partial charge on any atom is -0.496 e. The highest BCUT2D eigenvalue weighted by Crippen LogP contribution is 2.26. The number of nitrogens with zero attached hydrogens (tertiary/aromatic N) is 1. The molecule has 1 aromatic heterocycles. The maximum absolute atomic E-state index is 5.96. The van der Waals surface area contributed by atoms with Gasteiger partial charge in [0, 0.05) is 17.0 Å². The molecule has 1 N–H and O–H groups in total. The molecule has 0 fully saturated rings. The first-order valence-corrected chi connectivity index (χ1v) is 5.88. The molecule has 0 radical (unpaired) electrons. The van der Waals surface area contributed by atoms with Gasteiger partial charge in [-0.2, -0.15) is 0 Å². The quantitative estimate of drug-likeness (QED) is 0.943. The molecule has 0 bridgehead atoms. The molecule has 0 aliphatic rings. The van der Waals surface area contributed by atoms with Crippen molar-refractivity contribution in [3.63, 3.8) is 0 Å². The van der Waals surface area contributed by atoms with Gasteiger partial charge in [-0.25, -0.2) is 4.98 Å². The number of aromatic amines is 1. The molecule has 0 unspecified atom stereocenters. The number of nitrogens with one attached hydrogen (secondary N) is 1. The molecule has 5 heteroatoms. The van der Waals surface area contributed by atoms with E-state index in [2.05, 4.69) is 25.9 Å². The van der Waals surface area contributed by atoms with Gasteiger partial charge in [0.25, 0.3) is 0 Å². The van der Waals surface area contributed by atoms with Crippen LogP contribution in [0.2, 0.25) is 5.02 Å². The van der Waals surface area contributed by atoms with Gasteiger partial charge in [0.1, 0.15) is 10.4 Å². The van der Waals surface area contributed by atoms with E-state index >= 15 is 0 Å². The molecule has 0 atom stereocenters. The lowest BCUT2D eigenvalue weighted by atomic mass is 10.1. The number of H-pyrrole nitrogens is 1. The molecule has 1 heterocycles. The highest BCUT2D eigenvalue weighted by atomic mass is 79.9. The molecule has 0 aliphatic carbocycles. The Morgan fingerprint density at radius 1 is 1.50 bits per heavy atom. The van der Waals surface area contributed by atoms with Crippen LogP contribution in [0, 0.1) is 0 Å². The van der Waals surface area contributed by atoms with Crippen molar-refractivity contribution < 1.29 is 4.74 Å². The van der Waals surface area contributed by atoms with Gasteiger partial charge in [-0.3, -0.25) is 0 Å². The van der Waals surface area contributed by atoms with Crippen LogP contribution in [0.3, 0.4) is 0 Å². The van der Waals surface area contributed by atoms with Crippen LogP contribution < -0.4 is 4.74 Å². The van der Waals surface area contributed by atoms with E-state index < -0.39 is 0 Å². The monoisotopic (exact) mass is 300 g/mol. The predicted molar refractivity (Wildman–Crippen MR) is 67.1 cm³/mol. The average molecular weight is 302 g/mol. The molecule has 2 rings (SSSR count). The number of imidazole rings is 1. The molecule has 0 aliphatic heterocycles. The van der Waals surface area contributed by atoms with Crippen molar-refractivity contribution in [1.29, 1.82) is 0 Å². The fourth-order valence-electron chi connectivity index (χ4n) is 1.50. The zero-order valence-electron chi connectivity index (χ0n) is 8.63. The van der Waals surface area contributed by atoms with Crippen molar-refractivity contribution >= 4 is 27.5 Å². The van der Waals surface area contributed by atoms with E-state index in [0.717, 1.165) is 21.6 Å². The van der Waals surface area contributed by atoms with E-state index in [-0.39, 0.29) is 0 Å². The highest BCUT2D eigenvalue weighted by Gasteiger charge is 2.08. The lowest BCUT2D eigenvalue weighted by molar-refractivity contribution is 0.410. The average Bonchev–Trinajstić information content (AvgIpc) is 2.65. The summed E-state index contributed by atoms with van der Waals surface area (Å²) < 4.78 is 6.10. The van der Waals surface area contributed by atoms with Crippen molar-refractivity contribution in [3.05, 3.63) is 45.4 Å². The second-order valence-corrected chi connectivity index (χ2v) is 4.49. The van der Waals surface area contributed by atoms with Crippen LogP contribution in [0.15, 0.2) is 29.1 Å². The summed E-state index contributed by atoms with van der Waals surface area (Å²) in [5.41, 5.74) is 2.03. The number of rotatable bonds is 3. The van der Waals surface area contributed by atoms with Crippen molar-refractivity contribution in [3.8, 4) is 5.75 Å². The highest BCUT2D eigenvalue weighted by molar-refractivity contribution is 9.10. The summed E-state index contributed by atoms with van der Waals surface area (Å²) >= 11 is 9.33. The van der Waals surface area contributed by atoms with E-state index in [1.807, 2.05) is 18.2 Å². The predicted octanol–water partition coefficient (Wildman–Crippen LogP) is 3.43. The van der Waals surface area contributed by atoms with Gasteiger partial charge >= 0.3 is 0 Å². The second-order valence-electron chi connectivity index (χ2n) is 3.30. The van der Waals surface area contributed by atoms with Gasteiger partial charge in [-0.05, 0) is 34.1 Å². The summed E-state index contributed by atoms with van der Waals surface area (Å²) in [4.78, 5) is 7.15. The molecule has 2 aromatic rings. The summed E-state index contributed by atoms with van der Waals surface area (Å²) in [6.45, 7) is 0. The van der Waals surface area contributed by atoms with E-state index in [0.29, 0.717) is 11.4 Å². The summed E-state index contributed by atoms with van der Waals surface area (Å²) in [5, 5.41) is 0.700. The number of hydrogen-bond donors (Lipinski definition) is 1. The minimum atomic E-state index is 0.699. The van der Waals surface area contributed by atoms with Gasteiger partial charge in [0.15, 0.2) is 0 Å². The number of ether oxygens (including phenoxy) is 1. The zero-order valence-corrected chi connectivity index (χ0v) is 11.0. The van der Waals surface area contributed by atoms with Gasteiger partial charge in [0.05, 0.1) is 19.1 Å². The Labute approximate surface area is 107 Å². The van der Waals surface area contributed by atoms with E-state index in [1.165, 1.54) is 0 Å². The molecule has 0 amide bonds. The lowest BCUT2D eigenvalue weighted by Crippen LogP contribution is -1.94. The summed E-state index contributed by atoms with van der Waals surface area (Å²) in [6.07, 6.45) is 2.35. The fraction of sp³-hybridized carbons (Fsp3) is 0.182. The van der Waals surface area contributed by atoms with Crippen LogP contribution in [0.1, 0.15) is 11.3 Å². The largest absolute Gasteiger partial charge is 0.496 e. The first-order valence-electron chi connectivity index (χ1n) is 4.71. The van der Waals surface area contributed by atoms with Crippen molar-refractivity contribution in [2.75, 3.05) is 7.11 Å². The molecular formula is C11H10BrClN2O. The summed E-state index contributed by atoms with van der Waals surface area (Å²) in [5.74, 6) is 0.825. The Hall–Kier alpha value is -1.00. The third-order valence-corrected chi connectivity index (χ3v) is 3.19. The first-order chi connectivity index (χ1) is 7.70. The molecule has 3 nitrogen and oxygen atoms in total. The molecule has 0 saturated carbocycles. The van der Waals surface area contributed by atoms with Crippen molar-refractivity contribution in [2.45, 2.75) is 6.42 Å². The number of benzene rings is 1. The van der Waals surface area contributed by atoms with Crippen LogP contribution in [0.25, 0.3) is 0 Å². The van der Waals surface area contributed by atoms with Crippen molar-refractivity contribution in [2.24, 2.45) is 0 Å². The summed E-state index contributed by atoms with van der Waals surface area (Å²) in [6, 6.07) is 5.57. The molecule has 16 heavy (non-hydrogen) atoms. The maximum atomic E-state index is 5.96. The zero-order chi connectivity index (χ0) is 11.5. The number of hydrogen-bond acceptors (Lipinski definition) is 2. The Morgan fingerprint density at radius 3 is 2.94 bits per heavy atom. The van der Waals surface area contributed by atoms with Gasteiger partial charge in [-0.1, -0.05) is 11.6 Å². The summed E-state index contributed by atoms with van der Waals surface area (Å²) in [7, 11) is 1.65. The number of aromatic nitrogens is 2. The molecule has 0 spiro atoms. The Kier molecular flexibility index (Phi) is 3.51. The van der Waals surface area contributed by atoms with Gasteiger partial charge in [-0.15, -0.1) is 0 Å². The maximum Gasteiger partial charge on any atom is 0.127 e. The normalized spacial score (nSPS) is 10.4. The fourth-order valence-corrected chi connectivity index (χ4v) is 2.06. The third-order valence-electron chi connectivity index (χ3n) is 2.28. The van der Waals surface area contributed by atoms with Crippen LogP contribution in [0.4, 0.5) is 0 Å². The number of halogens is 2. The third kappa shape index (κ3) is 2.39. The SMILES string of the molecule is COc1ccc(Cl)cc1Cc1[nH]cnc1Br. The first kappa shape index (κ1) is 11.5. The standard InChI is InChI=1S/C11H10BrClN2O/c1-16-10-3-2-8(13)4-7(10)5-9-11(12)15-6-14-9/h2-4,6H,5H2,1H3,(H,14,15). The van der Waals surface area contributed by atoms with E-state index in [1.54, 1.807) is 13.4 Å². The van der Waals surface area contributed by atoms with Gasteiger partial charge < -0.3 is 9.72 Å². The van der Waals surface area contributed by atoms with Crippen LogP contribution in [0.5, 0.6) is 5.75 Å². The topological polar surface area (TPSA) is 37.9 Å². The van der Waals surface area contributed by atoms with E-state index in [9.17, 15) is 0 Å². The lowest BCUT2D eigenvalue weighted by Gasteiger charge is -2.08. The number of methoxy groups -OCH3 is 1. The molecule has 1 aromatic carbocycles.